The predicted octanol–water partition coefficient (Wildman–Crippen LogP) is 1.48. The van der Waals surface area contributed by atoms with E-state index in [1.165, 1.54) is 20.0 Å². The largest absolute Gasteiger partial charge is 0.409 e. The lowest BCUT2D eigenvalue weighted by Crippen LogP contribution is -2.32. The third-order valence-corrected chi connectivity index (χ3v) is 2.68. The number of nitrogens with zero attached hydrogens (tertiary/aromatic N) is 2. The molecule has 0 spiro atoms. The molecule has 1 rings (SSSR count). The number of rotatable bonds is 4. The van der Waals surface area contributed by atoms with Gasteiger partial charge in [0.25, 0.3) is 5.91 Å². The first kappa shape index (κ1) is 14.9. The molecule has 0 fully saturated rings. The summed E-state index contributed by atoms with van der Waals surface area (Å²) in [7, 11) is 1.38. The van der Waals surface area contributed by atoms with Gasteiger partial charge in [0.1, 0.15) is 23.0 Å². The molecule has 0 saturated carbocycles. The van der Waals surface area contributed by atoms with E-state index < -0.39 is 23.1 Å². The molecule has 0 bridgehead atoms. The second-order valence-electron chi connectivity index (χ2n) is 4.12. The standard InChI is InChI=1S/C12H15F2N3O2/c1-7-3-4-8(13)10(11(7)14)12(18)17(2)6-5-9(15)16-19/h3-4,19H,5-6H2,1-2H3,(H2,15,16). The molecular formula is C12H15F2N3O2. The van der Waals surface area contributed by atoms with Crippen molar-refractivity contribution in [1.29, 1.82) is 0 Å². The Morgan fingerprint density at radius 3 is 2.68 bits per heavy atom. The molecule has 0 unspecified atom stereocenters. The summed E-state index contributed by atoms with van der Waals surface area (Å²) in [5, 5.41) is 11.1. The van der Waals surface area contributed by atoms with Crippen LogP contribution in [0.3, 0.4) is 0 Å². The van der Waals surface area contributed by atoms with Crippen molar-refractivity contribution in [3.05, 3.63) is 34.9 Å². The van der Waals surface area contributed by atoms with Gasteiger partial charge in [0, 0.05) is 20.0 Å². The summed E-state index contributed by atoms with van der Waals surface area (Å²) in [5.74, 6) is -2.64. The van der Waals surface area contributed by atoms with Gasteiger partial charge in [0.05, 0.1) is 0 Å². The third-order valence-electron chi connectivity index (χ3n) is 2.68. The highest BCUT2D eigenvalue weighted by atomic mass is 19.1. The molecule has 5 nitrogen and oxygen atoms in total. The fourth-order valence-electron chi connectivity index (χ4n) is 1.48. The monoisotopic (exact) mass is 271 g/mol. The molecule has 1 aromatic rings. The van der Waals surface area contributed by atoms with Crippen LogP contribution in [-0.4, -0.2) is 35.4 Å². The number of amides is 1. The Balaban J connectivity index is 2.92. The van der Waals surface area contributed by atoms with Crippen molar-refractivity contribution in [1.82, 2.24) is 4.90 Å². The van der Waals surface area contributed by atoms with Crippen molar-refractivity contribution >= 4 is 11.7 Å². The number of carbonyl (C=O) groups is 1. The molecule has 0 aliphatic rings. The number of benzene rings is 1. The van der Waals surface area contributed by atoms with Crippen LogP contribution in [0, 0.1) is 18.6 Å². The van der Waals surface area contributed by atoms with Crippen LogP contribution in [0.4, 0.5) is 8.78 Å². The normalized spacial score (nSPS) is 11.5. The summed E-state index contributed by atoms with van der Waals surface area (Å²) < 4.78 is 27.3. The molecule has 0 saturated heterocycles. The van der Waals surface area contributed by atoms with Gasteiger partial charge in [0.15, 0.2) is 0 Å². The summed E-state index contributed by atoms with van der Waals surface area (Å²) in [6.07, 6.45) is 0.105. The molecule has 1 amide bonds. The molecular weight excluding hydrogens is 256 g/mol. The summed E-state index contributed by atoms with van der Waals surface area (Å²) in [5.41, 5.74) is 4.85. The molecule has 0 aromatic heterocycles. The minimum atomic E-state index is -0.913. The average Bonchev–Trinajstić information content (AvgIpc) is 2.40. The van der Waals surface area contributed by atoms with E-state index in [0.29, 0.717) is 0 Å². The van der Waals surface area contributed by atoms with Crippen LogP contribution in [0.2, 0.25) is 0 Å². The van der Waals surface area contributed by atoms with Gasteiger partial charge >= 0.3 is 0 Å². The van der Waals surface area contributed by atoms with Crippen molar-refractivity contribution in [3.63, 3.8) is 0 Å². The number of carbonyl (C=O) groups excluding carboxylic acids is 1. The van der Waals surface area contributed by atoms with Gasteiger partial charge in [-0.1, -0.05) is 11.2 Å². The molecule has 0 aliphatic heterocycles. The zero-order valence-corrected chi connectivity index (χ0v) is 10.7. The molecule has 19 heavy (non-hydrogen) atoms. The van der Waals surface area contributed by atoms with E-state index >= 15 is 0 Å². The van der Waals surface area contributed by atoms with Gasteiger partial charge in [-0.05, 0) is 18.6 Å². The fourth-order valence-corrected chi connectivity index (χ4v) is 1.48. The molecule has 0 radical (unpaired) electrons. The van der Waals surface area contributed by atoms with Gasteiger partial charge in [-0.25, -0.2) is 8.78 Å². The summed E-state index contributed by atoms with van der Waals surface area (Å²) in [6.45, 7) is 1.53. The van der Waals surface area contributed by atoms with Crippen LogP contribution in [0.25, 0.3) is 0 Å². The molecule has 0 heterocycles. The number of hydrogen-bond acceptors (Lipinski definition) is 3. The minimum Gasteiger partial charge on any atom is -0.409 e. The van der Waals surface area contributed by atoms with Crippen LogP contribution < -0.4 is 5.73 Å². The van der Waals surface area contributed by atoms with Crippen molar-refractivity contribution in [3.8, 4) is 0 Å². The number of oxime groups is 1. The highest BCUT2D eigenvalue weighted by Crippen LogP contribution is 2.17. The van der Waals surface area contributed by atoms with Crippen LogP contribution in [0.15, 0.2) is 17.3 Å². The van der Waals surface area contributed by atoms with Crippen molar-refractivity contribution in [2.45, 2.75) is 13.3 Å². The molecule has 0 atom stereocenters. The van der Waals surface area contributed by atoms with Gasteiger partial charge in [0.2, 0.25) is 0 Å². The quantitative estimate of drug-likeness (QED) is 0.377. The van der Waals surface area contributed by atoms with E-state index in [0.717, 1.165) is 11.0 Å². The number of halogens is 2. The fraction of sp³-hybridized carbons (Fsp3) is 0.333. The Kier molecular flexibility index (Phi) is 4.80. The Hall–Kier alpha value is -2.18. The molecule has 7 heteroatoms. The van der Waals surface area contributed by atoms with Crippen molar-refractivity contribution in [2.75, 3.05) is 13.6 Å². The van der Waals surface area contributed by atoms with Crippen LogP contribution >= 0.6 is 0 Å². The van der Waals surface area contributed by atoms with Crippen molar-refractivity contribution < 1.29 is 18.8 Å². The zero-order chi connectivity index (χ0) is 14.6. The second kappa shape index (κ2) is 6.12. The van der Waals surface area contributed by atoms with Crippen LogP contribution in [-0.2, 0) is 0 Å². The highest BCUT2D eigenvalue weighted by Gasteiger charge is 2.22. The summed E-state index contributed by atoms with van der Waals surface area (Å²) in [4.78, 5) is 13.1. The summed E-state index contributed by atoms with van der Waals surface area (Å²) >= 11 is 0. The van der Waals surface area contributed by atoms with Gasteiger partial charge in [-0.2, -0.15) is 0 Å². The Morgan fingerprint density at radius 2 is 2.11 bits per heavy atom. The molecule has 104 valence electrons. The van der Waals surface area contributed by atoms with Gasteiger partial charge < -0.3 is 15.8 Å². The topological polar surface area (TPSA) is 78.9 Å². The number of hydrogen-bond donors (Lipinski definition) is 2. The van der Waals surface area contributed by atoms with Crippen LogP contribution in [0.1, 0.15) is 22.3 Å². The van der Waals surface area contributed by atoms with E-state index in [1.54, 1.807) is 0 Å². The maximum atomic E-state index is 13.8. The zero-order valence-electron chi connectivity index (χ0n) is 10.7. The Morgan fingerprint density at radius 1 is 1.47 bits per heavy atom. The van der Waals surface area contributed by atoms with Gasteiger partial charge in [-0.15, -0.1) is 0 Å². The Bertz CT molecular complexity index is 518. The number of amidine groups is 1. The Labute approximate surface area is 109 Å². The van der Waals surface area contributed by atoms with E-state index in [-0.39, 0.29) is 24.4 Å². The van der Waals surface area contributed by atoms with E-state index in [2.05, 4.69) is 5.16 Å². The smallest absolute Gasteiger partial charge is 0.259 e. The summed E-state index contributed by atoms with van der Waals surface area (Å²) in [6, 6.07) is 2.31. The highest BCUT2D eigenvalue weighted by molar-refractivity contribution is 5.95. The lowest BCUT2D eigenvalue weighted by Gasteiger charge is -2.18. The first-order chi connectivity index (χ1) is 8.88. The predicted molar refractivity (Wildman–Crippen MR) is 66.1 cm³/mol. The van der Waals surface area contributed by atoms with Gasteiger partial charge in [-0.3, -0.25) is 4.79 Å². The van der Waals surface area contributed by atoms with Crippen molar-refractivity contribution in [2.24, 2.45) is 10.9 Å². The number of aryl methyl sites for hydroxylation is 1. The maximum Gasteiger partial charge on any atom is 0.259 e. The maximum absolute atomic E-state index is 13.8. The second-order valence-corrected chi connectivity index (χ2v) is 4.12. The van der Waals surface area contributed by atoms with Crippen LogP contribution in [0.5, 0.6) is 0 Å². The molecule has 3 N–H and O–H groups in total. The molecule has 0 aliphatic carbocycles. The first-order valence-corrected chi connectivity index (χ1v) is 5.55. The minimum absolute atomic E-state index is 0.0650. The lowest BCUT2D eigenvalue weighted by atomic mass is 10.1. The average molecular weight is 271 g/mol. The van der Waals surface area contributed by atoms with E-state index in [9.17, 15) is 13.6 Å². The number of nitrogens with two attached hydrogens (primary N) is 1. The SMILES string of the molecule is Cc1ccc(F)c(C(=O)N(C)CC/C(N)=N/O)c1F. The lowest BCUT2D eigenvalue weighted by molar-refractivity contribution is 0.0788. The first-order valence-electron chi connectivity index (χ1n) is 5.55. The van der Waals surface area contributed by atoms with E-state index in [1.807, 2.05) is 0 Å². The molecule has 1 aromatic carbocycles. The van der Waals surface area contributed by atoms with E-state index in [4.69, 9.17) is 10.9 Å². The third kappa shape index (κ3) is 3.40.